The highest BCUT2D eigenvalue weighted by Crippen LogP contribution is 2.18. The van der Waals surface area contributed by atoms with Gasteiger partial charge < -0.3 is 9.47 Å². The fourth-order valence-corrected chi connectivity index (χ4v) is 4.67. The molecule has 27 heavy (non-hydrogen) atoms. The van der Waals surface area contributed by atoms with E-state index in [1.54, 1.807) is 15.9 Å². The maximum Gasteiger partial charge on any atom is 0.307 e. The Kier molecular flexibility index (Phi) is 6.63. The molecule has 0 saturated carbocycles. The van der Waals surface area contributed by atoms with Crippen LogP contribution in [0.2, 0.25) is 0 Å². The molecule has 0 aliphatic rings. The van der Waals surface area contributed by atoms with Crippen LogP contribution in [0.1, 0.15) is 27.4 Å². The zero-order chi connectivity index (χ0) is 19.2. The summed E-state index contributed by atoms with van der Waals surface area (Å²) in [6, 6.07) is 14.4. The van der Waals surface area contributed by atoms with Gasteiger partial charge in [-0.25, -0.2) is 0 Å². The van der Waals surface area contributed by atoms with E-state index in [9.17, 15) is 9.59 Å². The van der Waals surface area contributed by atoms with Gasteiger partial charge in [0.05, 0.1) is 6.54 Å². The van der Waals surface area contributed by atoms with E-state index in [0.717, 1.165) is 12.1 Å². The average Bonchev–Trinajstić information content (AvgIpc) is 3.22. The summed E-state index contributed by atoms with van der Waals surface area (Å²) < 4.78 is 1.69. The molecule has 0 saturated heterocycles. The van der Waals surface area contributed by atoms with Crippen LogP contribution in [0.25, 0.3) is 0 Å². The minimum absolute atomic E-state index is 0.00465. The summed E-state index contributed by atoms with van der Waals surface area (Å²) in [7, 11) is 0. The summed E-state index contributed by atoms with van der Waals surface area (Å²) in [5.41, 5.74) is 2.14. The summed E-state index contributed by atoms with van der Waals surface area (Å²) in [6.07, 6.45) is 1.17. The second-order valence-corrected chi connectivity index (χ2v) is 8.80. The third kappa shape index (κ3) is 5.40. The summed E-state index contributed by atoms with van der Waals surface area (Å²) in [5, 5.41) is 1.84. The lowest BCUT2D eigenvalue weighted by molar-refractivity contribution is -0.132. The van der Waals surface area contributed by atoms with E-state index in [0.29, 0.717) is 26.1 Å². The third-order valence-corrected chi connectivity index (χ3v) is 6.40. The lowest BCUT2D eigenvalue weighted by Gasteiger charge is -2.22. The summed E-state index contributed by atoms with van der Waals surface area (Å²) in [4.78, 5) is 29.2. The topological polar surface area (TPSA) is 42.3 Å². The second-order valence-electron chi connectivity index (χ2n) is 6.61. The lowest BCUT2D eigenvalue weighted by atomic mass is 10.1. The van der Waals surface area contributed by atoms with Gasteiger partial charge in [-0.3, -0.25) is 9.59 Å². The Morgan fingerprint density at radius 2 is 1.89 bits per heavy atom. The first-order valence-corrected chi connectivity index (χ1v) is 10.7. The number of aromatic nitrogens is 1. The molecule has 1 aromatic carbocycles. The molecule has 142 valence electrons. The maximum atomic E-state index is 12.9. The van der Waals surface area contributed by atoms with Crippen molar-refractivity contribution in [1.82, 2.24) is 9.47 Å². The SMILES string of the molecule is Cc1ccc(CN(CCc2ccccc2)C(=O)CCn2c(C)csc2=O)s1. The van der Waals surface area contributed by atoms with Gasteiger partial charge in [0.1, 0.15) is 0 Å². The average molecular weight is 401 g/mol. The van der Waals surface area contributed by atoms with E-state index >= 15 is 0 Å². The number of nitrogens with zero attached hydrogens (tertiary/aromatic N) is 2. The molecule has 2 aromatic heterocycles. The Morgan fingerprint density at radius 1 is 1.11 bits per heavy atom. The van der Waals surface area contributed by atoms with Crippen molar-refractivity contribution in [2.24, 2.45) is 0 Å². The van der Waals surface area contributed by atoms with Crippen molar-refractivity contribution in [2.45, 2.75) is 39.8 Å². The van der Waals surface area contributed by atoms with Crippen molar-refractivity contribution in [3.8, 4) is 0 Å². The first-order valence-electron chi connectivity index (χ1n) is 9.05. The van der Waals surface area contributed by atoms with Gasteiger partial charge in [-0.15, -0.1) is 11.3 Å². The van der Waals surface area contributed by atoms with Crippen molar-refractivity contribution in [1.29, 1.82) is 0 Å². The molecule has 4 nitrogen and oxygen atoms in total. The molecule has 0 fully saturated rings. The molecule has 0 unspecified atom stereocenters. The number of rotatable bonds is 8. The standard InChI is InChI=1S/C21H24N2O2S2/c1-16-15-26-21(25)23(16)13-11-20(24)22(14-19-9-8-17(2)27-19)12-10-18-6-4-3-5-7-18/h3-9,15H,10-14H2,1-2H3. The zero-order valence-electron chi connectivity index (χ0n) is 15.7. The molecule has 0 N–H and O–H groups in total. The highest BCUT2D eigenvalue weighted by Gasteiger charge is 2.16. The van der Waals surface area contributed by atoms with Gasteiger partial charge >= 0.3 is 4.87 Å². The Bertz CT molecular complexity index is 941. The lowest BCUT2D eigenvalue weighted by Crippen LogP contribution is -2.33. The molecule has 0 radical (unpaired) electrons. The Balaban J connectivity index is 1.67. The first-order chi connectivity index (χ1) is 13.0. The normalized spacial score (nSPS) is 10.9. The molecular weight excluding hydrogens is 376 g/mol. The van der Waals surface area contributed by atoms with Crippen molar-refractivity contribution in [3.05, 3.63) is 78.5 Å². The number of thiophene rings is 1. The molecule has 0 spiro atoms. The number of carbonyl (C=O) groups is 1. The van der Waals surface area contributed by atoms with Crippen LogP contribution in [0.4, 0.5) is 0 Å². The molecule has 3 aromatic rings. The van der Waals surface area contributed by atoms with Gasteiger partial charge in [-0.1, -0.05) is 41.7 Å². The number of carbonyl (C=O) groups excluding carboxylic acids is 1. The monoisotopic (exact) mass is 400 g/mol. The van der Waals surface area contributed by atoms with E-state index in [-0.39, 0.29) is 10.8 Å². The number of amides is 1. The van der Waals surface area contributed by atoms with Crippen molar-refractivity contribution in [3.63, 3.8) is 0 Å². The predicted molar refractivity (Wildman–Crippen MR) is 113 cm³/mol. The molecule has 3 rings (SSSR count). The van der Waals surface area contributed by atoms with Crippen LogP contribution in [0.15, 0.2) is 52.6 Å². The highest BCUT2D eigenvalue weighted by atomic mass is 32.1. The predicted octanol–water partition coefficient (Wildman–Crippen LogP) is 4.25. The summed E-state index contributed by atoms with van der Waals surface area (Å²) in [5.74, 6) is 0.0921. The molecule has 0 bridgehead atoms. The maximum absolute atomic E-state index is 12.9. The number of benzene rings is 1. The van der Waals surface area contributed by atoms with E-state index in [1.807, 2.05) is 35.4 Å². The van der Waals surface area contributed by atoms with Crippen molar-refractivity contribution >= 4 is 28.6 Å². The van der Waals surface area contributed by atoms with Gasteiger partial charge in [-0.05, 0) is 38.0 Å². The van der Waals surface area contributed by atoms with Gasteiger partial charge in [0.25, 0.3) is 0 Å². The van der Waals surface area contributed by atoms with E-state index in [2.05, 4.69) is 31.2 Å². The van der Waals surface area contributed by atoms with Gasteiger partial charge in [0.2, 0.25) is 5.91 Å². The molecule has 0 atom stereocenters. The van der Waals surface area contributed by atoms with E-state index in [1.165, 1.54) is 26.7 Å². The molecule has 2 heterocycles. The zero-order valence-corrected chi connectivity index (χ0v) is 17.3. The molecule has 1 amide bonds. The Morgan fingerprint density at radius 3 is 2.52 bits per heavy atom. The highest BCUT2D eigenvalue weighted by molar-refractivity contribution is 7.11. The van der Waals surface area contributed by atoms with Crippen molar-refractivity contribution < 1.29 is 4.79 Å². The molecule has 0 aliphatic heterocycles. The van der Waals surface area contributed by atoms with Gasteiger partial charge in [0.15, 0.2) is 0 Å². The minimum atomic E-state index is 0.00465. The van der Waals surface area contributed by atoms with Gasteiger partial charge in [0, 0.05) is 40.3 Å². The third-order valence-electron chi connectivity index (χ3n) is 4.53. The van der Waals surface area contributed by atoms with Crippen LogP contribution >= 0.6 is 22.7 Å². The molecular formula is C21H24N2O2S2. The van der Waals surface area contributed by atoms with Crippen LogP contribution in [-0.4, -0.2) is 21.9 Å². The van der Waals surface area contributed by atoms with E-state index < -0.39 is 0 Å². The Labute approximate surface area is 167 Å². The fraction of sp³-hybridized carbons (Fsp3) is 0.333. The van der Waals surface area contributed by atoms with Gasteiger partial charge in [-0.2, -0.15) is 0 Å². The molecule has 0 aliphatic carbocycles. The minimum Gasteiger partial charge on any atom is -0.337 e. The van der Waals surface area contributed by atoms with Crippen LogP contribution in [0.3, 0.4) is 0 Å². The van der Waals surface area contributed by atoms with Crippen LogP contribution in [0.5, 0.6) is 0 Å². The second kappa shape index (κ2) is 9.15. The number of hydrogen-bond acceptors (Lipinski definition) is 4. The smallest absolute Gasteiger partial charge is 0.307 e. The Hall–Kier alpha value is -2.18. The fourth-order valence-electron chi connectivity index (χ4n) is 3.00. The quantitative estimate of drug-likeness (QED) is 0.567. The molecule has 6 heteroatoms. The largest absolute Gasteiger partial charge is 0.337 e. The number of hydrogen-bond donors (Lipinski definition) is 0. The van der Waals surface area contributed by atoms with E-state index in [4.69, 9.17) is 0 Å². The first kappa shape index (κ1) is 19.6. The summed E-state index contributed by atoms with van der Waals surface area (Å²) in [6.45, 7) is 5.73. The summed E-state index contributed by atoms with van der Waals surface area (Å²) >= 11 is 2.92. The van der Waals surface area contributed by atoms with Crippen LogP contribution < -0.4 is 4.87 Å². The number of thiazole rings is 1. The van der Waals surface area contributed by atoms with Crippen LogP contribution in [-0.2, 0) is 24.3 Å². The van der Waals surface area contributed by atoms with Crippen molar-refractivity contribution in [2.75, 3.05) is 6.54 Å². The van der Waals surface area contributed by atoms with Crippen LogP contribution in [0, 0.1) is 13.8 Å². The number of aryl methyl sites for hydroxylation is 2.